The van der Waals surface area contributed by atoms with Crippen LogP contribution in [0.3, 0.4) is 0 Å². The van der Waals surface area contributed by atoms with E-state index in [0.717, 1.165) is 5.06 Å². The average molecular weight is 1230 g/mol. The van der Waals surface area contributed by atoms with Crippen molar-refractivity contribution < 1.29 is 91.3 Å². The van der Waals surface area contributed by atoms with E-state index >= 15 is 0 Å². The number of carbonyl (C=O) groups excluding carboxylic acids is 14. The molecule has 0 radical (unpaired) electrons. The Morgan fingerprint density at radius 3 is 1.22 bits per heavy atom. The Morgan fingerprint density at radius 2 is 0.816 bits per heavy atom. The minimum atomic E-state index is -1.10. The SMILES string of the molecule is CCC(CC(=O)ON1C(=O)CCC1=O)C(CC(C(CCC(C)CC(=O)ON1C(=O)CCC1=O)CC(C)C)C(CC(C(C)C)C(C)CC(=O)ON1C(=O)CCC1=O)C(C)C(C)CCC(=O)ON1C(=O)CCC1=O)CC(C)C(C)(CC)ON1C(=O)CCC1=O. The fourth-order valence-corrected chi connectivity index (χ4v) is 13.4. The average Bonchev–Trinajstić information content (AvgIpc) is 2.54. The van der Waals surface area contributed by atoms with Crippen LogP contribution in [0.4, 0.5) is 0 Å². The predicted molar refractivity (Wildman–Crippen MR) is 307 cm³/mol. The van der Waals surface area contributed by atoms with Gasteiger partial charge in [0.15, 0.2) is 0 Å². The first-order valence-electron chi connectivity index (χ1n) is 31.7. The highest BCUT2D eigenvalue weighted by Gasteiger charge is 2.46. The molecule has 24 heteroatoms. The van der Waals surface area contributed by atoms with Crippen LogP contribution in [0.15, 0.2) is 0 Å². The Morgan fingerprint density at radius 1 is 0.414 bits per heavy atom. The van der Waals surface area contributed by atoms with Crippen molar-refractivity contribution in [3.63, 3.8) is 0 Å². The van der Waals surface area contributed by atoms with Crippen molar-refractivity contribution in [1.29, 1.82) is 0 Å². The van der Waals surface area contributed by atoms with Gasteiger partial charge in [-0.15, -0.1) is 20.3 Å². The van der Waals surface area contributed by atoms with E-state index in [1.807, 2.05) is 62.3 Å². The second-order valence-corrected chi connectivity index (χ2v) is 26.3. The molecule has 0 bridgehead atoms. The van der Waals surface area contributed by atoms with E-state index in [0.29, 0.717) is 71.6 Å². The van der Waals surface area contributed by atoms with E-state index in [1.54, 1.807) is 0 Å². The molecule has 5 heterocycles. The molecule has 0 saturated carbocycles. The molecule has 87 heavy (non-hydrogen) atoms. The molecule has 10 amide bonds. The zero-order chi connectivity index (χ0) is 64.8. The Labute approximate surface area is 511 Å². The fourth-order valence-electron chi connectivity index (χ4n) is 13.4. The third kappa shape index (κ3) is 19.5. The molecule has 5 aliphatic heterocycles. The minimum Gasteiger partial charge on any atom is -0.330 e. The maximum atomic E-state index is 14.2. The minimum absolute atomic E-state index is 0.000132. The van der Waals surface area contributed by atoms with Crippen molar-refractivity contribution >= 4 is 82.9 Å². The number of imide groups is 5. The van der Waals surface area contributed by atoms with Crippen molar-refractivity contribution in [2.24, 2.45) is 76.9 Å². The van der Waals surface area contributed by atoms with Crippen molar-refractivity contribution in [3.8, 4) is 0 Å². The summed E-state index contributed by atoms with van der Waals surface area (Å²) in [4.78, 5) is 210. The van der Waals surface area contributed by atoms with E-state index in [2.05, 4.69) is 20.8 Å². The molecule has 12 unspecified atom stereocenters. The quantitative estimate of drug-likeness (QED) is 0.0530. The Kier molecular flexibility index (Phi) is 26.3. The molecule has 0 N–H and O–H groups in total. The van der Waals surface area contributed by atoms with Gasteiger partial charge in [0.25, 0.3) is 59.1 Å². The Bertz CT molecular complexity index is 2510. The number of amides is 10. The summed E-state index contributed by atoms with van der Waals surface area (Å²) in [5.74, 6) is -12.3. The lowest BCUT2D eigenvalue weighted by Gasteiger charge is -2.46. The number of rotatable bonds is 36. The first-order valence-corrected chi connectivity index (χ1v) is 31.7. The fraction of sp³-hybridized carbons (Fsp3) is 0.778. The maximum Gasteiger partial charge on any atom is 0.333 e. The van der Waals surface area contributed by atoms with Gasteiger partial charge >= 0.3 is 23.9 Å². The summed E-state index contributed by atoms with van der Waals surface area (Å²) >= 11 is 0. The molecule has 5 aliphatic rings. The van der Waals surface area contributed by atoms with Crippen molar-refractivity contribution in [1.82, 2.24) is 25.3 Å². The number of hydrogen-bond acceptors (Lipinski definition) is 19. The van der Waals surface area contributed by atoms with E-state index in [-0.39, 0.29) is 155 Å². The molecule has 5 saturated heterocycles. The highest BCUT2D eigenvalue weighted by atomic mass is 16.7. The summed E-state index contributed by atoms with van der Waals surface area (Å²) in [6.07, 6.45) is 2.71. The summed E-state index contributed by atoms with van der Waals surface area (Å²) in [7, 11) is 0. The molecule has 5 rings (SSSR count). The van der Waals surface area contributed by atoms with E-state index in [1.165, 1.54) is 0 Å². The first kappa shape index (κ1) is 71.3. The van der Waals surface area contributed by atoms with Gasteiger partial charge in [-0.05, 0) is 135 Å². The standard InChI is InChI=1S/C63H95N5O19/c1-13-43(34-62(82)86-67-55(75)24-25-56(67)76)45(32-41(10)63(12,14-2)87-68-57(77)26-27-58(68)78)33-48(44(29-36(3)4)17-15-38(7)30-60(80)84-65-51(71)20-21-52(65)72)47(42(11)39(8)16-28-59(79)83-64-49(69)18-19-50(64)70)35-46(37(5)6)40(9)31-61(81)85-66-53(73)22-23-54(66)74/h36-48H,13-35H2,1-12H3. The molecular formula is C63H95N5O19. The predicted octanol–water partition coefficient (Wildman–Crippen LogP) is 8.56. The Balaban J connectivity index is 1.65. The number of hydrogen-bond donors (Lipinski definition) is 0. The molecule has 0 spiro atoms. The lowest BCUT2D eigenvalue weighted by atomic mass is 9.59. The summed E-state index contributed by atoms with van der Waals surface area (Å²) in [6.45, 7) is 23.9. The largest absolute Gasteiger partial charge is 0.333 e. The molecule has 0 aromatic heterocycles. The van der Waals surface area contributed by atoms with Gasteiger partial charge in [-0.3, -0.25) is 52.8 Å². The van der Waals surface area contributed by atoms with Gasteiger partial charge in [-0.1, -0.05) is 82.6 Å². The molecule has 24 nitrogen and oxygen atoms in total. The van der Waals surface area contributed by atoms with Crippen molar-refractivity contribution in [3.05, 3.63) is 0 Å². The summed E-state index contributed by atoms with van der Waals surface area (Å²) in [6, 6.07) is 0. The van der Waals surface area contributed by atoms with Crippen LogP contribution in [-0.4, -0.2) is 114 Å². The number of hydroxylamine groups is 10. The second kappa shape index (κ2) is 32.1. The van der Waals surface area contributed by atoms with Gasteiger partial charge < -0.3 is 19.4 Å². The molecule has 0 aromatic rings. The van der Waals surface area contributed by atoms with Crippen molar-refractivity contribution in [2.75, 3.05) is 0 Å². The molecule has 486 valence electrons. The van der Waals surface area contributed by atoms with E-state index in [9.17, 15) is 67.1 Å². The topological polar surface area (TPSA) is 301 Å². The zero-order valence-corrected chi connectivity index (χ0v) is 53.3. The molecule has 12 atom stereocenters. The zero-order valence-electron chi connectivity index (χ0n) is 53.3. The van der Waals surface area contributed by atoms with E-state index < -0.39 is 106 Å². The second-order valence-electron chi connectivity index (χ2n) is 26.3. The summed E-state index contributed by atoms with van der Waals surface area (Å²) in [5.41, 5.74) is -1.10. The van der Waals surface area contributed by atoms with Crippen LogP contribution in [0.5, 0.6) is 0 Å². The van der Waals surface area contributed by atoms with Crippen LogP contribution >= 0.6 is 0 Å². The van der Waals surface area contributed by atoms with Crippen LogP contribution in [-0.2, 0) is 91.3 Å². The van der Waals surface area contributed by atoms with E-state index in [4.69, 9.17) is 24.2 Å². The monoisotopic (exact) mass is 1230 g/mol. The van der Waals surface area contributed by atoms with Gasteiger partial charge in [0, 0.05) is 70.6 Å². The lowest BCUT2D eigenvalue weighted by molar-refractivity contribution is -0.240. The highest BCUT2D eigenvalue weighted by Crippen LogP contribution is 2.50. The lowest BCUT2D eigenvalue weighted by Crippen LogP contribution is -2.46. The van der Waals surface area contributed by atoms with Crippen molar-refractivity contribution in [2.45, 2.75) is 236 Å². The maximum absolute atomic E-state index is 14.2. The first-order chi connectivity index (χ1) is 40.9. The van der Waals surface area contributed by atoms with Crippen LogP contribution in [0, 0.1) is 76.9 Å². The third-order valence-electron chi connectivity index (χ3n) is 19.2. The normalized spacial score (nSPS) is 21.4. The van der Waals surface area contributed by atoms with Crippen LogP contribution in [0.2, 0.25) is 0 Å². The molecule has 0 aliphatic carbocycles. The van der Waals surface area contributed by atoms with Crippen LogP contribution in [0.25, 0.3) is 0 Å². The van der Waals surface area contributed by atoms with Gasteiger partial charge in [-0.25, -0.2) is 19.2 Å². The van der Waals surface area contributed by atoms with Gasteiger partial charge in [0.2, 0.25) is 0 Å². The van der Waals surface area contributed by atoms with Gasteiger partial charge in [0.05, 0.1) is 24.9 Å². The Hall–Kier alpha value is -6.46. The number of nitrogens with zero attached hydrogens (tertiary/aromatic N) is 5. The smallest absolute Gasteiger partial charge is 0.330 e. The summed E-state index contributed by atoms with van der Waals surface area (Å²) < 4.78 is 0. The van der Waals surface area contributed by atoms with Gasteiger partial charge in [0.1, 0.15) is 0 Å². The highest BCUT2D eigenvalue weighted by molar-refractivity contribution is 6.04. The van der Waals surface area contributed by atoms with Crippen LogP contribution in [0.1, 0.15) is 231 Å². The van der Waals surface area contributed by atoms with Gasteiger partial charge in [-0.2, -0.15) is 5.06 Å². The third-order valence-corrected chi connectivity index (χ3v) is 19.2. The summed E-state index contributed by atoms with van der Waals surface area (Å²) in [5, 5.41) is 2.96. The van der Waals surface area contributed by atoms with Crippen LogP contribution < -0.4 is 0 Å². The molecule has 5 fully saturated rings. The molecular weight excluding hydrogens is 1130 g/mol. The number of carbonyl (C=O) groups is 14. The molecule has 0 aromatic carbocycles.